The van der Waals surface area contributed by atoms with Crippen LogP contribution in [0.4, 0.5) is 4.39 Å². The lowest BCUT2D eigenvalue weighted by molar-refractivity contribution is -0.142. The average molecular weight is 468 g/mol. The van der Waals surface area contributed by atoms with Gasteiger partial charge in [-0.25, -0.2) is 9.07 Å². The molecule has 5 rings (SSSR count). The first kappa shape index (κ1) is 21.9. The summed E-state index contributed by atoms with van der Waals surface area (Å²) in [6.07, 6.45) is 1.50. The third-order valence-corrected chi connectivity index (χ3v) is 6.57. The molecule has 2 aliphatic heterocycles. The van der Waals surface area contributed by atoms with Crippen molar-refractivity contribution in [1.82, 2.24) is 24.1 Å². The van der Waals surface area contributed by atoms with Gasteiger partial charge in [0.15, 0.2) is 5.82 Å². The van der Waals surface area contributed by atoms with Crippen LogP contribution < -0.4 is 0 Å². The Balaban J connectivity index is 1.36. The molecular formula is C24H26FN5O2S. The molecule has 0 N–H and O–H groups in total. The SMILES string of the molecule is O=C([C@H]1CCCO1)N1CCN(Cn2nc(-c3ccccc3)n(-c3ccc(F)cc3)c2=S)CC1. The predicted molar refractivity (Wildman–Crippen MR) is 125 cm³/mol. The van der Waals surface area contributed by atoms with Crippen molar-refractivity contribution in [3.63, 3.8) is 0 Å². The number of aromatic nitrogens is 3. The first-order valence-corrected chi connectivity index (χ1v) is 11.6. The van der Waals surface area contributed by atoms with E-state index in [4.69, 9.17) is 22.1 Å². The van der Waals surface area contributed by atoms with Gasteiger partial charge < -0.3 is 9.64 Å². The van der Waals surface area contributed by atoms with Crippen molar-refractivity contribution in [3.05, 3.63) is 65.2 Å². The van der Waals surface area contributed by atoms with E-state index in [-0.39, 0.29) is 17.8 Å². The monoisotopic (exact) mass is 467 g/mol. The van der Waals surface area contributed by atoms with Crippen LogP contribution in [0, 0.1) is 10.6 Å². The van der Waals surface area contributed by atoms with E-state index in [1.807, 2.05) is 39.8 Å². The van der Waals surface area contributed by atoms with Gasteiger partial charge in [0.05, 0.1) is 12.4 Å². The molecule has 2 aromatic carbocycles. The van der Waals surface area contributed by atoms with Crippen LogP contribution in [0.25, 0.3) is 17.1 Å². The second-order valence-electron chi connectivity index (χ2n) is 8.37. The zero-order valence-corrected chi connectivity index (χ0v) is 19.1. The topological polar surface area (TPSA) is 55.5 Å². The highest BCUT2D eigenvalue weighted by Gasteiger charge is 2.30. The number of carbonyl (C=O) groups is 1. The fourth-order valence-electron chi connectivity index (χ4n) is 4.37. The fourth-order valence-corrected chi connectivity index (χ4v) is 4.66. The molecule has 172 valence electrons. The summed E-state index contributed by atoms with van der Waals surface area (Å²) in [5.41, 5.74) is 1.69. The molecule has 0 unspecified atom stereocenters. The number of rotatable bonds is 5. The molecule has 0 aliphatic carbocycles. The van der Waals surface area contributed by atoms with Crippen molar-refractivity contribution in [2.45, 2.75) is 25.6 Å². The quantitative estimate of drug-likeness (QED) is 0.538. The molecule has 2 fully saturated rings. The average Bonchev–Trinajstić information content (AvgIpc) is 3.49. The van der Waals surface area contributed by atoms with Crippen LogP contribution in [0.3, 0.4) is 0 Å². The summed E-state index contributed by atoms with van der Waals surface area (Å²) in [6.45, 7) is 4.00. The minimum Gasteiger partial charge on any atom is -0.368 e. The molecule has 1 atom stereocenters. The van der Waals surface area contributed by atoms with Gasteiger partial charge in [-0.3, -0.25) is 14.3 Å². The molecule has 1 amide bonds. The van der Waals surface area contributed by atoms with Gasteiger partial charge in [0.2, 0.25) is 4.77 Å². The summed E-state index contributed by atoms with van der Waals surface area (Å²) in [7, 11) is 0. The maximum absolute atomic E-state index is 13.5. The van der Waals surface area contributed by atoms with E-state index in [1.165, 1.54) is 12.1 Å². The summed E-state index contributed by atoms with van der Waals surface area (Å²) < 4.78 is 23.3. The third-order valence-electron chi connectivity index (χ3n) is 6.18. The van der Waals surface area contributed by atoms with Gasteiger partial charge in [0, 0.05) is 38.3 Å². The lowest BCUT2D eigenvalue weighted by Gasteiger charge is -2.35. The van der Waals surface area contributed by atoms with E-state index in [1.54, 1.807) is 16.8 Å². The highest BCUT2D eigenvalue weighted by Crippen LogP contribution is 2.23. The lowest BCUT2D eigenvalue weighted by Crippen LogP contribution is -2.51. The minimum atomic E-state index is -0.297. The van der Waals surface area contributed by atoms with Gasteiger partial charge in [-0.05, 0) is 49.3 Å². The van der Waals surface area contributed by atoms with E-state index in [0.29, 0.717) is 37.0 Å². The Morgan fingerprint density at radius 2 is 1.79 bits per heavy atom. The number of benzene rings is 2. The molecule has 0 radical (unpaired) electrons. The Bertz CT molecular complexity index is 1160. The number of amides is 1. The Hall–Kier alpha value is -2.88. The van der Waals surface area contributed by atoms with Crippen molar-refractivity contribution >= 4 is 18.1 Å². The zero-order valence-electron chi connectivity index (χ0n) is 18.3. The maximum Gasteiger partial charge on any atom is 0.251 e. The standard InChI is InChI=1S/C24H26FN5O2S/c25-19-8-10-20(11-9-19)30-22(18-5-2-1-3-6-18)26-29(24(30)33)17-27-12-14-28(15-13-27)23(31)21-7-4-16-32-21/h1-3,5-6,8-11,21H,4,7,12-17H2/t21-/m1/s1. The number of hydrogen-bond acceptors (Lipinski definition) is 5. The third kappa shape index (κ3) is 4.62. The molecule has 33 heavy (non-hydrogen) atoms. The summed E-state index contributed by atoms with van der Waals surface area (Å²) in [4.78, 5) is 16.8. The molecule has 0 bridgehead atoms. The number of halogens is 1. The van der Waals surface area contributed by atoms with Crippen LogP contribution in [0.2, 0.25) is 0 Å². The molecule has 3 aromatic rings. The molecule has 2 aliphatic rings. The zero-order chi connectivity index (χ0) is 22.8. The summed E-state index contributed by atoms with van der Waals surface area (Å²) in [6, 6.07) is 16.1. The van der Waals surface area contributed by atoms with Gasteiger partial charge in [-0.2, -0.15) is 0 Å². The van der Waals surface area contributed by atoms with E-state index < -0.39 is 0 Å². The normalized spacial score (nSPS) is 19.2. The van der Waals surface area contributed by atoms with Gasteiger partial charge >= 0.3 is 0 Å². The van der Waals surface area contributed by atoms with E-state index in [9.17, 15) is 9.18 Å². The van der Waals surface area contributed by atoms with Gasteiger partial charge in [0.25, 0.3) is 5.91 Å². The van der Waals surface area contributed by atoms with Crippen LogP contribution >= 0.6 is 12.2 Å². The van der Waals surface area contributed by atoms with Crippen molar-refractivity contribution in [2.24, 2.45) is 0 Å². The van der Waals surface area contributed by atoms with Gasteiger partial charge in [-0.15, -0.1) is 5.10 Å². The first-order chi connectivity index (χ1) is 16.1. The largest absolute Gasteiger partial charge is 0.368 e. The van der Waals surface area contributed by atoms with Crippen LogP contribution in [0.1, 0.15) is 12.8 Å². The second kappa shape index (κ2) is 9.54. The molecule has 0 spiro atoms. The van der Waals surface area contributed by atoms with E-state index in [2.05, 4.69) is 4.90 Å². The van der Waals surface area contributed by atoms with Crippen molar-refractivity contribution < 1.29 is 13.9 Å². The highest BCUT2D eigenvalue weighted by molar-refractivity contribution is 7.71. The van der Waals surface area contributed by atoms with Crippen molar-refractivity contribution in [1.29, 1.82) is 0 Å². The maximum atomic E-state index is 13.5. The Morgan fingerprint density at radius 1 is 1.06 bits per heavy atom. The molecule has 3 heterocycles. The predicted octanol–water partition coefficient (Wildman–Crippen LogP) is 3.49. The number of hydrogen-bond donors (Lipinski definition) is 0. The number of piperazine rings is 1. The summed E-state index contributed by atoms with van der Waals surface area (Å²) in [5, 5.41) is 4.83. The Labute approximate surface area is 197 Å². The van der Waals surface area contributed by atoms with Gasteiger partial charge in [-0.1, -0.05) is 30.3 Å². The number of ether oxygens (including phenoxy) is 1. The Kier molecular flexibility index (Phi) is 6.34. The van der Waals surface area contributed by atoms with Crippen molar-refractivity contribution in [2.75, 3.05) is 32.8 Å². The lowest BCUT2D eigenvalue weighted by atomic mass is 10.2. The van der Waals surface area contributed by atoms with Crippen LogP contribution in [-0.4, -0.2) is 68.9 Å². The van der Waals surface area contributed by atoms with Gasteiger partial charge in [0.1, 0.15) is 11.9 Å². The molecule has 7 nitrogen and oxygen atoms in total. The summed E-state index contributed by atoms with van der Waals surface area (Å²) in [5.74, 6) is 0.518. The second-order valence-corrected chi connectivity index (χ2v) is 8.74. The van der Waals surface area contributed by atoms with E-state index >= 15 is 0 Å². The smallest absolute Gasteiger partial charge is 0.251 e. The van der Waals surface area contributed by atoms with Crippen LogP contribution in [0.5, 0.6) is 0 Å². The molecule has 9 heteroatoms. The first-order valence-electron chi connectivity index (χ1n) is 11.2. The van der Waals surface area contributed by atoms with Crippen molar-refractivity contribution in [3.8, 4) is 17.1 Å². The molecule has 2 saturated heterocycles. The molecular weight excluding hydrogens is 441 g/mol. The summed E-state index contributed by atoms with van der Waals surface area (Å²) >= 11 is 5.80. The highest BCUT2D eigenvalue weighted by atomic mass is 32.1. The minimum absolute atomic E-state index is 0.107. The van der Waals surface area contributed by atoms with E-state index in [0.717, 1.165) is 37.2 Å². The van der Waals surface area contributed by atoms with Crippen LogP contribution in [-0.2, 0) is 16.2 Å². The fraction of sp³-hybridized carbons (Fsp3) is 0.375. The van der Waals surface area contributed by atoms with Crippen LogP contribution in [0.15, 0.2) is 54.6 Å². The number of carbonyl (C=O) groups excluding carboxylic acids is 1. The molecule has 1 aromatic heterocycles. The molecule has 0 saturated carbocycles. The number of nitrogens with zero attached hydrogens (tertiary/aromatic N) is 5. The Morgan fingerprint density at radius 3 is 2.45 bits per heavy atom.